The van der Waals surface area contributed by atoms with Gasteiger partial charge in [-0.2, -0.15) is 0 Å². The van der Waals surface area contributed by atoms with Gasteiger partial charge in [0.1, 0.15) is 0 Å². The van der Waals surface area contributed by atoms with Crippen LogP contribution < -0.4 is 11.1 Å². The van der Waals surface area contributed by atoms with Gasteiger partial charge in [-0.15, -0.1) is 0 Å². The average Bonchev–Trinajstić information content (AvgIpc) is 2.29. The number of hydrogen-bond donors (Lipinski definition) is 2. The zero-order valence-electron chi connectivity index (χ0n) is 9.23. The third kappa shape index (κ3) is 3.61. The number of carbonyl (C=O) groups is 1. The zero-order chi connectivity index (χ0) is 13.1. The number of hydrogen-bond acceptors (Lipinski definition) is 4. The van der Waals surface area contributed by atoms with Gasteiger partial charge < -0.3 is 11.1 Å². The summed E-state index contributed by atoms with van der Waals surface area (Å²) in [4.78, 5) is 11.0. The van der Waals surface area contributed by atoms with Crippen LogP contribution in [0.15, 0.2) is 23.1 Å². The van der Waals surface area contributed by atoms with E-state index in [1.165, 1.54) is 25.2 Å². The van der Waals surface area contributed by atoms with Crippen LogP contribution in [0.3, 0.4) is 0 Å². The number of carbonyl (C=O) groups excluding carboxylic acids is 1. The van der Waals surface area contributed by atoms with Crippen molar-refractivity contribution >= 4 is 33.0 Å². The minimum atomic E-state index is -3.59. The molecule has 0 saturated carbocycles. The van der Waals surface area contributed by atoms with Crippen molar-refractivity contribution in [3.63, 3.8) is 0 Å². The Hall–Kier alpha value is -1.27. The highest BCUT2D eigenvalue weighted by molar-refractivity contribution is 7.91. The SMILES string of the molecule is CNC(=O)CCS(=O)(=O)c1cc(N)ccc1Cl. The fourth-order valence-corrected chi connectivity index (χ4v) is 3.05. The summed E-state index contributed by atoms with van der Waals surface area (Å²) in [5, 5.41) is 2.46. The molecule has 1 aromatic carbocycles. The maximum Gasteiger partial charge on any atom is 0.220 e. The molecule has 0 heterocycles. The van der Waals surface area contributed by atoms with Crippen LogP contribution in [0.5, 0.6) is 0 Å². The van der Waals surface area contributed by atoms with E-state index < -0.39 is 9.84 Å². The van der Waals surface area contributed by atoms with E-state index in [0.29, 0.717) is 5.69 Å². The summed E-state index contributed by atoms with van der Waals surface area (Å²) in [5.41, 5.74) is 5.82. The number of sulfone groups is 1. The van der Waals surface area contributed by atoms with Crippen molar-refractivity contribution in [1.82, 2.24) is 5.32 Å². The van der Waals surface area contributed by atoms with Crippen LogP contribution in [-0.4, -0.2) is 27.1 Å². The molecule has 0 unspecified atom stereocenters. The molecule has 1 aromatic rings. The Bertz CT molecular complexity index is 528. The summed E-state index contributed by atoms with van der Waals surface area (Å²) in [6, 6.07) is 4.23. The zero-order valence-corrected chi connectivity index (χ0v) is 10.8. The summed E-state index contributed by atoms with van der Waals surface area (Å²) in [6.07, 6.45) is -0.107. The highest BCUT2D eigenvalue weighted by atomic mass is 35.5. The van der Waals surface area contributed by atoms with Crippen LogP contribution in [-0.2, 0) is 14.6 Å². The molecule has 0 spiro atoms. The van der Waals surface area contributed by atoms with Gasteiger partial charge >= 0.3 is 0 Å². The van der Waals surface area contributed by atoms with E-state index in [2.05, 4.69) is 5.32 Å². The Morgan fingerprint density at radius 1 is 1.47 bits per heavy atom. The maximum atomic E-state index is 11.9. The molecule has 1 rings (SSSR count). The number of benzene rings is 1. The van der Waals surface area contributed by atoms with Gasteiger partial charge in [-0.1, -0.05) is 11.6 Å². The number of rotatable bonds is 4. The van der Waals surface area contributed by atoms with Crippen LogP contribution in [0.1, 0.15) is 6.42 Å². The van der Waals surface area contributed by atoms with E-state index in [1.807, 2.05) is 0 Å². The molecule has 0 saturated heterocycles. The van der Waals surface area contributed by atoms with Gasteiger partial charge in [0.05, 0.1) is 15.7 Å². The summed E-state index contributed by atoms with van der Waals surface area (Å²) < 4.78 is 23.8. The molecule has 1 amide bonds. The lowest BCUT2D eigenvalue weighted by molar-refractivity contribution is -0.120. The molecule has 0 aromatic heterocycles. The van der Waals surface area contributed by atoms with Gasteiger partial charge in [0.15, 0.2) is 9.84 Å². The number of halogens is 1. The van der Waals surface area contributed by atoms with Crippen LogP contribution in [0, 0.1) is 0 Å². The first-order valence-corrected chi connectivity index (χ1v) is 6.88. The Balaban J connectivity index is 2.97. The summed E-state index contributed by atoms with van der Waals surface area (Å²) >= 11 is 5.79. The number of nitrogens with one attached hydrogen (secondary N) is 1. The van der Waals surface area contributed by atoms with Crippen LogP contribution >= 0.6 is 11.6 Å². The van der Waals surface area contributed by atoms with Crippen molar-refractivity contribution in [2.45, 2.75) is 11.3 Å². The Kier molecular flexibility index (Phi) is 4.36. The number of nitrogen functional groups attached to an aromatic ring is 1. The third-order valence-corrected chi connectivity index (χ3v) is 4.36. The maximum absolute atomic E-state index is 11.9. The lowest BCUT2D eigenvalue weighted by Gasteiger charge is -2.07. The molecule has 5 nitrogen and oxygen atoms in total. The second-order valence-corrected chi connectivity index (χ2v) is 5.92. The monoisotopic (exact) mass is 276 g/mol. The minimum Gasteiger partial charge on any atom is -0.399 e. The molecule has 0 atom stereocenters. The topological polar surface area (TPSA) is 89.3 Å². The fraction of sp³-hybridized carbons (Fsp3) is 0.300. The Morgan fingerprint density at radius 2 is 2.12 bits per heavy atom. The van der Waals surface area contributed by atoms with Gasteiger partial charge in [0, 0.05) is 19.2 Å². The highest BCUT2D eigenvalue weighted by Gasteiger charge is 2.19. The molecule has 3 N–H and O–H groups in total. The largest absolute Gasteiger partial charge is 0.399 e. The Labute approximate surface area is 105 Å². The van der Waals surface area contributed by atoms with Crippen LogP contribution in [0.4, 0.5) is 5.69 Å². The smallest absolute Gasteiger partial charge is 0.220 e. The van der Waals surface area contributed by atoms with Crippen LogP contribution in [0.25, 0.3) is 0 Å². The first-order chi connectivity index (χ1) is 7.86. The van der Waals surface area contributed by atoms with Crippen molar-refractivity contribution in [3.05, 3.63) is 23.2 Å². The number of nitrogens with two attached hydrogens (primary N) is 1. The van der Waals surface area contributed by atoms with E-state index in [1.54, 1.807) is 0 Å². The molecule has 7 heteroatoms. The predicted octanol–water partition coefficient (Wildman–Crippen LogP) is 0.832. The van der Waals surface area contributed by atoms with Crippen molar-refractivity contribution < 1.29 is 13.2 Å². The van der Waals surface area contributed by atoms with Crippen LogP contribution in [0.2, 0.25) is 5.02 Å². The van der Waals surface area contributed by atoms with E-state index in [4.69, 9.17) is 17.3 Å². The van der Waals surface area contributed by atoms with Crippen molar-refractivity contribution in [2.75, 3.05) is 18.5 Å². The van der Waals surface area contributed by atoms with Gasteiger partial charge in [0.2, 0.25) is 5.91 Å². The number of anilines is 1. The molecule has 0 aliphatic carbocycles. The predicted molar refractivity (Wildman–Crippen MR) is 66.6 cm³/mol. The third-order valence-electron chi connectivity index (χ3n) is 2.17. The molecule has 0 fully saturated rings. The first-order valence-electron chi connectivity index (χ1n) is 4.85. The molecule has 94 valence electrons. The lowest BCUT2D eigenvalue weighted by Crippen LogP contribution is -2.21. The van der Waals surface area contributed by atoms with Crippen molar-refractivity contribution in [1.29, 1.82) is 0 Å². The normalized spacial score (nSPS) is 11.2. The summed E-state index contributed by atoms with van der Waals surface area (Å²) in [7, 11) is -2.14. The second kappa shape index (κ2) is 5.37. The van der Waals surface area contributed by atoms with Crippen molar-refractivity contribution in [2.24, 2.45) is 0 Å². The van der Waals surface area contributed by atoms with Gasteiger partial charge in [-0.25, -0.2) is 8.42 Å². The standard InChI is InChI=1S/C10H13ClN2O3S/c1-13-10(14)4-5-17(15,16)9-6-7(12)2-3-8(9)11/h2-3,6H,4-5,12H2,1H3,(H,13,14). The van der Waals surface area contributed by atoms with Gasteiger partial charge in [-0.3, -0.25) is 4.79 Å². The van der Waals surface area contributed by atoms with Crippen molar-refractivity contribution in [3.8, 4) is 0 Å². The molecule has 0 aliphatic heterocycles. The molecular weight excluding hydrogens is 264 g/mol. The first kappa shape index (κ1) is 13.8. The van der Waals surface area contributed by atoms with E-state index in [0.717, 1.165) is 0 Å². The second-order valence-electron chi connectivity index (χ2n) is 3.43. The lowest BCUT2D eigenvalue weighted by atomic mass is 10.3. The van der Waals surface area contributed by atoms with E-state index in [-0.39, 0.29) is 28.0 Å². The van der Waals surface area contributed by atoms with Gasteiger partial charge in [-0.05, 0) is 18.2 Å². The molecule has 0 aliphatic rings. The average molecular weight is 277 g/mol. The number of amides is 1. The Morgan fingerprint density at radius 3 is 2.71 bits per heavy atom. The highest BCUT2D eigenvalue weighted by Crippen LogP contribution is 2.25. The van der Waals surface area contributed by atoms with E-state index >= 15 is 0 Å². The quantitative estimate of drug-likeness (QED) is 0.797. The fourth-order valence-electron chi connectivity index (χ4n) is 1.22. The van der Waals surface area contributed by atoms with E-state index in [9.17, 15) is 13.2 Å². The summed E-state index contributed by atoms with van der Waals surface area (Å²) in [6.45, 7) is 0. The molecule has 0 radical (unpaired) electrons. The summed E-state index contributed by atoms with van der Waals surface area (Å²) in [5.74, 6) is -0.635. The molecule has 0 bridgehead atoms. The molecular formula is C10H13ClN2O3S. The molecule has 17 heavy (non-hydrogen) atoms. The van der Waals surface area contributed by atoms with Gasteiger partial charge in [0.25, 0.3) is 0 Å². The minimum absolute atomic E-state index is 0.0388.